The van der Waals surface area contributed by atoms with Crippen LogP contribution in [0.1, 0.15) is 65.2 Å². The molecule has 1 saturated carbocycles. The Bertz CT molecular complexity index is 638. The first kappa shape index (κ1) is 15.4. The van der Waals surface area contributed by atoms with E-state index in [0.29, 0.717) is 24.0 Å². The van der Waals surface area contributed by atoms with Crippen LogP contribution in [0.25, 0.3) is 0 Å². The number of hydrogen-bond donors (Lipinski definition) is 1. The zero-order chi connectivity index (χ0) is 16.2. The molecule has 0 aliphatic heterocycles. The number of aliphatic hydroxyl groups is 1. The molecule has 4 atom stereocenters. The van der Waals surface area contributed by atoms with E-state index in [-0.39, 0.29) is 5.41 Å². The van der Waals surface area contributed by atoms with E-state index in [2.05, 4.69) is 26.0 Å². The van der Waals surface area contributed by atoms with Gasteiger partial charge in [-0.25, -0.2) is 0 Å². The predicted octanol–water partition coefficient (Wildman–Crippen LogP) is 4.50. The second-order valence-corrected chi connectivity index (χ2v) is 7.97. The molecule has 0 aromatic rings. The smallest absolute Gasteiger partial charge is 0.156 e. The van der Waals surface area contributed by atoms with Crippen LogP contribution in [-0.4, -0.2) is 16.5 Å². The van der Waals surface area contributed by atoms with Crippen molar-refractivity contribution >= 4 is 5.78 Å². The fourth-order valence-corrected chi connectivity index (χ4v) is 6.17. The highest BCUT2D eigenvalue weighted by atomic mass is 16.3. The highest BCUT2D eigenvalue weighted by molar-refractivity contribution is 5.93. The average Bonchev–Trinajstić information content (AvgIpc) is 2.88. The maximum atomic E-state index is 11.7. The van der Waals surface area contributed by atoms with E-state index in [0.717, 1.165) is 44.9 Å². The Hall–Kier alpha value is -1.15. The molecule has 0 radical (unpaired) electrons. The third kappa shape index (κ3) is 1.94. The van der Waals surface area contributed by atoms with Crippen LogP contribution in [0, 0.1) is 17.3 Å². The largest absolute Gasteiger partial charge is 0.389 e. The van der Waals surface area contributed by atoms with E-state index in [1.54, 1.807) is 0 Å². The zero-order valence-electron chi connectivity index (χ0n) is 14.4. The van der Waals surface area contributed by atoms with E-state index < -0.39 is 5.60 Å². The van der Waals surface area contributed by atoms with Gasteiger partial charge in [0.05, 0.1) is 5.60 Å². The van der Waals surface area contributed by atoms with Crippen molar-refractivity contribution in [3.63, 3.8) is 0 Å². The van der Waals surface area contributed by atoms with Crippen LogP contribution in [0.15, 0.2) is 34.9 Å². The van der Waals surface area contributed by atoms with E-state index in [1.165, 1.54) is 16.7 Å². The molecule has 0 bridgehead atoms. The molecule has 1 N–H and O–H groups in total. The molecular formula is C21H28O2. The highest BCUT2D eigenvalue weighted by Crippen LogP contribution is 2.63. The van der Waals surface area contributed by atoms with E-state index in [4.69, 9.17) is 0 Å². The number of allylic oxidation sites excluding steroid dienone is 5. The summed E-state index contributed by atoms with van der Waals surface area (Å²) in [5, 5.41) is 11.3. The lowest BCUT2D eigenvalue weighted by atomic mass is 9.56. The van der Waals surface area contributed by atoms with Crippen molar-refractivity contribution in [2.24, 2.45) is 17.3 Å². The van der Waals surface area contributed by atoms with Crippen LogP contribution in [0.2, 0.25) is 0 Å². The minimum absolute atomic E-state index is 0.0395. The van der Waals surface area contributed by atoms with Crippen molar-refractivity contribution in [2.75, 3.05) is 0 Å². The van der Waals surface area contributed by atoms with Gasteiger partial charge in [-0.1, -0.05) is 26.0 Å². The van der Waals surface area contributed by atoms with Gasteiger partial charge in [-0.15, -0.1) is 0 Å². The number of carbonyl (C=O) groups is 1. The number of carbonyl (C=O) groups excluding carboxylic acids is 1. The van der Waals surface area contributed by atoms with Gasteiger partial charge >= 0.3 is 0 Å². The summed E-state index contributed by atoms with van der Waals surface area (Å²) in [5.41, 5.74) is 3.67. The van der Waals surface area contributed by atoms with Crippen molar-refractivity contribution < 1.29 is 9.90 Å². The lowest BCUT2D eigenvalue weighted by Crippen LogP contribution is -2.48. The minimum atomic E-state index is -0.530. The first-order valence-electron chi connectivity index (χ1n) is 9.43. The third-order valence-electron chi connectivity index (χ3n) is 7.43. The quantitative estimate of drug-likeness (QED) is 0.815. The topological polar surface area (TPSA) is 37.3 Å². The molecule has 4 aliphatic carbocycles. The molecule has 0 aromatic carbocycles. The van der Waals surface area contributed by atoms with Gasteiger partial charge in [0, 0.05) is 11.8 Å². The summed E-state index contributed by atoms with van der Waals surface area (Å²) in [7, 11) is 0. The molecule has 4 rings (SSSR count). The molecule has 4 aliphatic rings. The molecular weight excluding hydrogens is 284 g/mol. The van der Waals surface area contributed by atoms with E-state index >= 15 is 0 Å². The minimum Gasteiger partial charge on any atom is -0.389 e. The fourth-order valence-electron chi connectivity index (χ4n) is 6.17. The SMILES string of the molecule is CC[C@]1(O)CC[C@H]2[C@@H]3CCC4=CC(=O)CCC4=C3C=C[C@@]21CC. The number of hydrogen-bond acceptors (Lipinski definition) is 2. The lowest BCUT2D eigenvalue weighted by molar-refractivity contribution is -0.114. The molecule has 0 unspecified atom stereocenters. The normalized spacial score (nSPS) is 42.2. The van der Waals surface area contributed by atoms with Gasteiger partial charge in [-0.3, -0.25) is 4.79 Å². The predicted molar refractivity (Wildman–Crippen MR) is 91.9 cm³/mol. The van der Waals surface area contributed by atoms with Gasteiger partial charge < -0.3 is 5.11 Å². The maximum absolute atomic E-state index is 11.7. The van der Waals surface area contributed by atoms with Crippen molar-refractivity contribution in [1.82, 2.24) is 0 Å². The van der Waals surface area contributed by atoms with Crippen molar-refractivity contribution in [3.05, 3.63) is 34.9 Å². The standard InChI is InChI=1S/C21H28O2/c1-3-20-11-9-17-16-8-6-15(22)13-14(16)5-7-18(17)19(20)10-12-21(20,23)4-2/h9,11,13,18-19,23H,3-8,10,12H2,1-2H3/t18-,19+,20+,21+/m1/s1. The summed E-state index contributed by atoms with van der Waals surface area (Å²) in [5.74, 6) is 1.46. The summed E-state index contributed by atoms with van der Waals surface area (Å²) in [6, 6.07) is 0. The average molecular weight is 312 g/mol. The zero-order valence-corrected chi connectivity index (χ0v) is 14.4. The van der Waals surface area contributed by atoms with E-state index in [1.807, 2.05) is 6.08 Å². The molecule has 0 aromatic heterocycles. The summed E-state index contributed by atoms with van der Waals surface area (Å²) >= 11 is 0. The Morgan fingerprint density at radius 3 is 2.74 bits per heavy atom. The first-order valence-corrected chi connectivity index (χ1v) is 9.43. The van der Waals surface area contributed by atoms with Crippen molar-refractivity contribution in [3.8, 4) is 0 Å². The Morgan fingerprint density at radius 1 is 1.17 bits per heavy atom. The molecule has 2 heteroatoms. The van der Waals surface area contributed by atoms with Gasteiger partial charge in [0.15, 0.2) is 5.78 Å². The number of rotatable bonds is 2. The molecule has 0 saturated heterocycles. The molecule has 0 heterocycles. The molecule has 2 nitrogen and oxygen atoms in total. The van der Waals surface area contributed by atoms with Crippen molar-refractivity contribution in [2.45, 2.75) is 70.8 Å². The number of fused-ring (bicyclic) bond motifs is 4. The summed E-state index contributed by atoms with van der Waals surface area (Å²) in [6.45, 7) is 4.38. The molecule has 23 heavy (non-hydrogen) atoms. The van der Waals surface area contributed by atoms with Gasteiger partial charge in [0.1, 0.15) is 0 Å². The van der Waals surface area contributed by atoms with Crippen LogP contribution in [-0.2, 0) is 4.79 Å². The maximum Gasteiger partial charge on any atom is 0.156 e. The number of ketones is 1. The van der Waals surface area contributed by atoms with Crippen LogP contribution in [0.5, 0.6) is 0 Å². The summed E-state index contributed by atoms with van der Waals surface area (Å²) in [4.78, 5) is 11.7. The first-order chi connectivity index (χ1) is 11.0. The fraction of sp³-hybridized carbons (Fsp3) is 0.667. The van der Waals surface area contributed by atoms with Gasteiger partial charge in [0.25, 0.3) is 0 Å². The lowest BCUT2D eigenvalue weighted by Gasteiger charge is -2.50. The Balaban J connectivity index is 1.83. The Labute approximate surface area is 139 Å². The van der Waals surface area contributed by atoms with Crippen LogP contribution in [0.4, 0.5) is 0 Å². The van der Waals surface area contributed by atoms with Gasteiger partial charge in [-0.2, -0.15) is 0 Å². The summed E-state index contributed by atoms with van der Waals surface area (Å²) < 4.78 is 0. The molecule has 0 amide bonds. The second-order valence-electron chi connectivity index (χ2n) is 7.97. The Kier molecular flexibility index (Phi) is 3.46. The Morgan fingerprint density at radius 2 is 2.00 bits per heavy atom. The van der Waals surface area contributed by atoms with Crippen LogP contribution < -0.4 is 0 Å². The van der Waals surface area contributed by atoms with Crippen molar-refractivity contribution in [1.29, 1.82) is 0 Å². The van der Waals surface area contributed by atoms with Crippen LogP contribution >= 0.6 is 0 Å². The van der Waals surface area contributed by atoms with Crippen LogP contribution in [0.3, 0.4) is 0 Å². The molecule has 1 fully saturated rings. The molecule has 0 spiro atoms. The third-order valence-corrected chi connectivity index (χ3v) is 7.43. The highest BCUT2D eigenvalue weighted by Gasteiger charge is 2.59. The van der Waals surface area contributed by atoms with Gasteiger partial charge in [0.2, 0.25) is 0 Å². The van der Waals surface area contributed by atoms with Gasteiger partial charge in [-0.05, 0) is 79.6 Å². The summed E-state index contributed by atoms with van der Waals surface area (Å²) in [6.07, 6.45) is 14.3. The monoisotopic (exact) mass is 312 g/mol. The second kappa shape index (κ2) is 5.17. The molecule has 124 valence electrons. The van der Waals surface area contributed by atoms with E-state index in [9.17, 15) is 9.90 Å².